The minimum Gasteiger partial charge on any atom is -0.313 e. The normalized spacial score (nSPS) is 14.9. The van der Waals surface area contributed by atoms with E-state index in [4.69, 9.17) is 0 Å². The lowest BCUT2D eigenvalue weighted by atomic mass is 9.90. The van der Waals surface area contributed by atoms with Gasteiger partial charge in [-0.2, -0.15) is 0 Å². The number of pyridine rings is 1. The first kappa shape index (κ1) is 12.2. The molecule has 0 saturated heterocycles. The Labute approximate surface area is 93.1 Å². The molecule has 1 aromatic heterocycles. The second-order valence-electron chi connectivity index (χ2n) is 4.08. The molecule has 0 aliphatic heterocycles. The quantitative estimate of drug-likeness (QED) is 0.801. The molecule has 2 heteroatoms. The van der Waals surface area contributed by atoms with E-state index < -0.39 is 0 Å². The lowest BCUT2D eigenvalue weighted by molar-refractivity contribution is 0.398. The molecule has 2 atom stereocenters. The minimum absolute atomic E-state index is 0.452. The van der Waals surface area contributed by atoms with Gasteiger partial charge in [0, 0.05) is 18.4 Å². The van der Waals surface area contributed by atoms with Crippen molar-refractivity contribution >= 4 is 0 Å². The lowest BCUT2D eigenvalue weighted by Crippen LogP contribution is -2.24. The summed E-state index contributed by atoms with van der Waals surface area (Å²) in [4.78, 5) is 4.19. The number of hydrogen-bond acceptors (Lipinski definition) is 2. The first-order valence-corrected chi connectivity index (χ1v) is 5.84. The zero-order chi connectivity index (χ0) is 11.3. The van der Waals surface area contributed by atoms with Crippen LogP contribution < -0.4 is 5.32 Å². The maximum Gasteiger partial charge on any atom is 0.0347 e. The Hall–Kier alpha value is -0.890. The van der Waals surface area contributed by atoms with E-state index in [1.54, 1.807) is 0 Å². The molecular weight excluding hydrogens is 184 g/mol. The Kier molecular flexibility index (Phi) is 4.76. The first-order chi connectivity index (χ1) is 7.24. The average Bonchev–Trinajstić information content (AvgIpc) is 2.30. The summed E-state index contributed by atoms with van der Waals surface area (Å²) in [5.74, 6) is 0.655. The number of hydrogen-bond donors (Lipinski definition) is 1. The van der Waals surface area contributed by atoms with Crippen molar-refractivity contribution in [3.8, 4) is 0 Å². The van der Waals surface area contributed by atoms with Gasteiger partial charge in [-0.05, 0) is 36.6 Å². The molecule has 0 radical (unpaired) electrons. The monoisotopic (exact) mass is 206 g/mol. The maximum atomic E-state index is 4.19. The molecule has 1 aromatic rings. The standard InChI is InChI=1S/C13H22N2/c1-5-10(3)13(14-4)12-7-8-15-9-11(12)6-2/h7-10,13-14H,5-6H2,1-4H3. The van der Waals surface area contributed by atoms with Crippen LogP contribution in [0.3, 0.4) is 0 Å². The fourth-order valence-electron chi connectivity index (χ4n) is 2.02. The molecule has 1 N–H and O–H groups in total. The van der Waals surface area contributed by atoms with Gasteiger partial charge in [-0.3, -0.25) is 4.98 Å². The summed E-state index contributed by atoms with van der Waals surface area (Å²) in [5, 5.41) is 3.42. The molecule has 0 spiro atoms. The molecular formula is C13H22N2. The number of aryl methyl sites for hydroxylation is 1. The molecule has 0 fully saturated rings. The van der Waals surface area contributed by atoms with Crippen molar-refractivity contribution < 1.29 is 0 Å². The fourth-order valence-corrected chi connectivity index (χ4v) is 2.02. The minimum atomic E-state index is 0.452. The van der Waals surface area contributed by atoms with Crippen LogP contribution in [0.2, 0.25) is 0 Å². The predicted molar refractivity (Wildman–Crippen MR) is 64.9 cm³/mol. The lowest BCUT2D eigenvalue weighted by Gasteiger charge is -2.24. The third kappa shape index (κ3) is 2.78. The summed E-state index contributed by atoms with van der Waals surface area (Å²) < 4.78 is 0. The van der Waals surface area contributed by atoms with Crippen molar-refractivity contribution in [2.75, 3.05) is 7.05 Å². The number of rotatable bonds is 5. The largest absolute Gasteiger partial charge is 0.313 e. The maximum absolute atomic E-state index is 4.19. The molecule has 1 rings (SSSR count). The van der Waals surface area contributed by atoms with Gasteiger partial charge < -0.3 is 5.32 Å². The van der Waals surface area contributed by atoms with Crippen molar-refractivity contribution in [3.63, 3.8) is 0 Å². The number of nitrogens with zero attached hydrogens (tertiary/aromatic N) is 1. The zero-order valence-electron chi connectivity index (χ0n) is 10.2. The molecule has 0 aromatic carbocycles. The van der Waals surface area contributed by atoms with Gasteiger partial charge in [0.15, 0.2) is 0 Å². The van der Waals surface area contributed by atoms with Crippen LogP contribution in [0.1, 0.15) is 44.4 Å². The van der Waals surface area contributed by atoms with E-state index >= 15 is 0 Å². The Morgan fingerprint density at radius 2 is 2.13 bits per heavy atom. The van der Waals surface area contributed by atoms with Crippen LogP contribution in [0, 0.1) is 5.92 Å². The van der Waals surface area contributed by atoms with Crippen LogP contribution in [0.5, 0.6) is 0 Å². The predicted octanol–water partition coefficient (Wildman–Crippen LogP) is 2.95. The van der Waals surface area contributed by atoms with Crippen LogP contribution in [0.25, 0.3) is 0 Å². The van der Waals surface area contributed by atoms with Crippen molar-refractivity contribution in [3.05, 3.63) is 29.6 Å². The Bertz CT molecular complexity index is 296. The van der Waals surface area contributed by atoms with Crippen molar-refractivity contribution in [1.82, 2.24) is 10.3 Å². The molecule has 0 amide bonds. The molecule has 0 aliphatic rings. The van der Waals surface area contributed by atoms with Crippen LogP contribution in [-0.2, 0) is 6.42 Å². The summed E-state index contributed by atoms with van der Waals surface area (Å²) >= 11 is 0. The van der Waals surface area contributed by atoms with Crippen molar-refractivity contribution in [2.45, 2.75) is 39.7 Å². The highest BCUT2D eigenvalue weighted by molar-refractivity contribution is 5.27. The Morgan fingerprint density at radius 3 is 2.67 bits per heavy atom. The second-order valence-corrected chi connectivity index (χ2v) is 4.08. The van der Waals surface area contributed by atoms with E-state index in [-0.39, 0.29) is 0 Å². The second kappa shape index (κ2) is 5.86. The molecule has 84 valence electrons. The first-order valence-electron chi connectivity index (χ1n) is 5.84. The van der Waals surface area contributed by atoms with Gasteiger partial charge in [-0.15, -0.1) is 0 Å². The van der Waals surface area contributed by atoms with Crippen LogP contribution in [0.4, 0.5) is 0 Å². The number of aromatic nitrogens is 1. The Balaban J connectivity index is 3.00. The van der Waals surface area contributed by atoms with E-state index in [9.17, 15) is 0 Å². The highest BCUT2D eigenvalue weighted by Gasteiger charge is 2.18. The number of nitrogens with one attached hydrogen (secondary N) is 1. The SMILES string of the molecule is CCc1cnccc1C(NC)C(C)CC. The van der Waals surface area contributed by atoms with Crippen molar-refractivity contribution in [2.24, 2.45) is 5.92 Å². The third-order valence-electron chi connectivity index (χ3n) is 3.18. The van der Waals surface area contributed by atoms with E-state index in [0.29, 0.717) is 12.0 Å². The van der Waals surface area contributed by atoms with Gasteiger partial charge in [-0.1, -0.05) is 27.2 Å². The van der Waals surface area contributed by atoms with Gasteiger partial charge in [0.05, 0.1) is 0 Å². The van der Waals surface area contributed by atoms with Crippen molar-refractivity contribution in [1.29, 1.82) is 0 Å². The van der Waals surface area contributed by atoms with Gasteiger partial charge in [0.1, 0.15) is 0 Å². The molecule has 0 aliphatic carbocycles. The van der Waals surface area contributed by atoms with E-state index in [2.05, 4.69) is 37.1 Å². The fraction of sp³-hybridized carbons (Fsp3) is 0.615. The van der Waals surface area contributed by atoms with Gasteiger partial charge in [0.2, 0.25) is 0 Å². The summed E-state index contributed by atoms with van der Waals surface area (Å²) in [7, 11) is 2.04. The third-order valence-corrected chi connectivity index (χ3v) is 3.18. The van der Waals surface area contributed by atoms with Crippen LogP contribution in [0.15, 0.2) is 18.5 Å². The molecule has 0 saturated carbocycles. The highest BCUT2D eigenvalue weighted by Crippen LogP contribution is 2.26. The van der Waals surface area contributed by atoms with E-state index in [1.165, 1.54) is 17.5 Å². The summed E-state index contributed by atoms with van der Waals surface area (Å²) in [6.45, 7) is 6.71. The molecule has 2 unspecified atom stereocenters. The molecule has 0 bridgehead atoms. The Morgan fingerprint density at radius 1 is 1.40 bits per heavy atom. The zero-order valence-corrected chi connectivity index (χ0v) is 10.2. The summed E-state index contributed by atoms with van der Waals surface area (Å²) in [5.41, 5.74) is 2.77. The van der Waals surface area contributed by atoms with Crippen LogP contribution in [-0.4, -0.2) is 12.0 Å². The van der Waals surface area contributed by atoms with E-state index in [1.807, 2.05) is 19.4 Å². The molecule has 1 heterocycles. The van der Waals surface area contributed by atoms with Gasteiger partial charge >= 0.3 is 0 Å². The average molecular weight is 206 g/mol. The molecule has 2 nitrogen and oxygen atoms in total. The smallest absolute Gasteiger partial charge is 0.0347 e. The molecule has 15 heavy (non-hydrogen) atoms. The highest BCUT2D eigenvalue weighted by atomic mass is 14.9. The topological polar surface area (TPSA) is 24.9 Å². The van der Waals surface area contributed by atoms with E-state index in [0.717, 1.165) is 6.42 Å². The summed E-state index contributed by atoms with van der Waals surface area (Å²) in [6.07, 6.45) is 6.12. The van der Waals surface area contributed by atoms with Gasteiger partial charge in [0.25, 0.3) is 0 Å². The van der Waals surface area contributed by atoms with Gasteiger partial charge in [-0.25, -0.2) is 0 Å². The van der Waals surface area contributed by atoms with Crippen LogP contribution >= 0.6 is 0 Å². The summed E-state index contributed by atoms with van der Waals surface area (Å²) in [6, 6.07) is 2.60.